The van der Waals surface area contributed by atoms with E-state index < -0.39 is 0 Å². The number of carbonyl (C=O) groups is 1. The van der Waals surface area contributed by atoms with Gasteiger partial charge in [-0.2, -0.15) is 0 Å². The van der Waals surface area contributed by atoms with Gasteiger partial charge >= 0.3 is 5.97 Å². The smallest absolute Gasteiger partial charge is 0.309 e. The second-order valence-electron chi connectivity index (χ2n) is 5.50. The minimum absolute atomic E-state index is 0.204. The van der Waals surface area contributed by atoms with Crippen LogP contribution >= 0.6 is 11.6 Å². The lowest BCUT2D eigenvalue weighted by Gasteiger charge is -2.14. The lowest BCUT2D eigenvalue weighted by Crippen LogP contribution is -2.17. The van der Waals surface area contributed by atoms with Crippen molar-refractivity contribution in [3.05, 3.63) is 71.8 Å². The number of halogens is 1. The number of hydrogen-bond acceptors (Lipinski definition) is 3. The van der Waals surface area contributed by atoms with Crippen molar-refractivity contribution in [3.63, 3.8) is 0 Å². The summed E-state index contributed by atoms with van der Waals surface area (Å²) in [6, 6.07) is 17.0. The van der Waals surface area contributed by atoms with E-state index >= 15 is 0 Å². The van der Waals surface area contributed by atoms with Crippen LogP contribution in [0, 0.1) is 5.92 Å². The number of benzene rings is 2. The number of para-hydroxylation sites is 1. The summed E-state index contributed by atoms with van der Waals surface area (Å²) in [6.45, 7) is 5.77. The third-order valence-electron chi connectivity index (χ3n) is 3.55. The lowest BCUT2D eigenvalue weighted by atomic mass is 10.0. The van der Waals surface area contributed by atoms with Crippen LogP contribution < -0.4 is 4.74 Å². The molecule has 1 atom stereocenters. The molecule has 0 aliphatic rings. The molecule has 0 aromatic heterocycles. The molecular weight excluding hydrogens is 324 g/mol. The van der Waals surface area contributed by atoms with E-state index in [0.717, 1.165) is 11.3 Å². The van der Waals surface area contributed by atoms with Crippen LogP contribution in [0.3, 0.4) is 0 Å². The molecule has 0 fully saturated rings. The fraction of sp³-hybridized carbons (Fsp3) is 0.250. The van der Waals surface area contributed by atoms with Crippen molar-refractivity contribution in [2.24, 2.45) is 5.92 Å². The van der Waals surface area contributed by atoms with E-state index in [1.54, 1.807) is 0 Å². The van der Waals surface area contributed by atoms with E-state index in [0.29, 0.717) is 23.6 Å². The quantitative estimate of drug-likeness (QED) is 0.577. The van der Waals surface area contributed by atoms with Gasteiger partial charge in [0.15, 0.2) is 0 Å². The van der Waals surface area contributed by atoms with Crippen molar-refractivity contribution in [1.82, 2.24) is 0 Å². The van der Waals surface area contributed by atoms with Crippen LogP contribution in [0.1, 0.15) is 25.3 Å². The van der Waals surface area contributed by atoms with Gasteiger partial charge in [-0.3, -0.25) is 4.79 Å². The molecule has 126 valence electrons. The maximum absolute atomic E-state index is 12.1. The van der Waals surface area contributed by atoms with Crippen LogP contribution in [-0.4, -0.2) is 5.97 Å². The van der Waals surface area contributed by atoms with Gasteiger partial charge in [0.1, 0.15) is 18.1 Å². The normalized spacial score (nSPS) is 11.6. The Morgan fingerprint density at radius 1 is 1.12 bits per heavy atom. The Morgan fingerprint density at radius 3 is 2.50 bits per heavy atom. The van der Waals surface area contributed by atoms with Crippen molar-refractivity contribution in [3.8, 4) is 11.5 Å². The third kappa shape index (κ3) is 5.74. The molecule has 4 heteroatoms. The Bertz CT molecular complexity index is 682. The molecule has 2 aromatic carbocycles. The fourth-order valence-corrected chi connectivity index (χ4v) is 2.44. The van der Waals surface area contributed by atoms with E-state index in [2.05, 4.69) is 6.58 Å². The molecule has 0 spiro atoms. The molecule has 0 saturated carbocycles. The highest BCUT2D eigenvalue weighted by atomic mass is 35.5. The van der Waals surface area contributed by atoms with Crippen LogP contribution in [0.25, 0.3) is 0 Å². The monoisotopic (exact) mass is 344 g/mol. The zero-order valence-electron chi connectivity index (χ0n) is 13.7. The summed E-state index contributed by atoms with van der Waals surface area (Å²) >= 11 is 5.79. The van der Waals surface area contributed by atoms with Gasteiger partial charge in [-0.1, -0.05) is 55.4 Å². The van der Waals surface area contributed by atoms with Crippen molar-refractivity contribution < 1.29 is 14.3 Å². The molecule has 0 aliphatic carbocycles. The Kier molecular flexibility index (Phi) is 6.89. The minimum atomic E-state index is -0.256. The SMILES string of the molecule is C=C(Cl)CC(CC)C(=O)OCc1cccc(Oc2ccccc2)c1. The van der Waals surface area contributed by atoms with Crippen molar-refractivity contribution in [2.75, 3.05) is 0 Å². The predicted octanol–water partition coefficient (Wildman–Crippen LogP) is 5.69. The molecule has 0 amide bonds. The van der Waals surface area contributed by atoms with Crippen LogP contribution in [0.4, 0.5) is 0 Å². The van der Waals surface area contributed by atoms with Crippen molar-refractivity contribution in [2.45, 2.75) is 26.4 Å². The van der Waals surface area contributed by atoms with Crippen molar-refractivity contribution in [1.29, 1.82) is 0 Å². The lowest BCUT2D eigenvalue weighted by molar-refractivity contribution is -0.149. The summed E-state index contributed by atoms with van der Waals surface area (Å²) in [4.78, 5) is 12.1. The molecule has 0 heterocycles. The molecule has 1 unspecified atom stereocenters. The van der Waals surface area contributed by atoms with Crippen LogP contribution in [0.15, 0.2) is 66.2 Å². The summed E-state index contributed by atoms with van der Waals surface area (Å²) in [5.41, 5.74) is 0.872. The van der Waals surface area contributed by atoms with Gasteiger partial charge in [-0.25, -0.2) is 0 Å². The number of hydrogen-bond donors (Lipinski definition) is 0. The standard InChI is InChI=1S/C20H21ClO3/c1-3-17(12-15(2)21)20(22)23-14-16-8-7-11-19(13-16)24-18-9-5-4-6-10-18/h4-11,13,17H,2-3,12,14H2,1H3. The maximum Gasteiger partial charge on any atom is 0.309 e. The Hall–Kier alpha value is -2.26. The topological polar surface area (TPSA) is 35.5 Å². The highest BCUT2D eigenvalue weighted by Crippen LogP contribution is 2.23. The second kappa shape index (κ2) is 9.14. The zero-order chi connectivity index (χ0) is 17.4. The number of carbonyl (C=O) groups excluding carboxylic acids is 1. The first kappa shape index (κ1) is 18.1. The Morgan fingerprint density at radius 2 is 1.83 bits per heavy atom. The van der Waals surface area contributed by atoms with E-state index in [1.807, 2.05) is 61.5 Å². The van der Waals surface area contributed by atoms with E-state index in [1.165, 1.54) is 0 Å². The number of allylic oxidation sites excluding steroid dienone is 1. The largest absolute Gasteiger partial charge is 0.461 e. The van der Waals surface area contributed by atoms with E-state index in [9.17, 15) is 4.79 Å². The van der Waals surface area contributed by atoms with Gasteiger partial charge in [0.05, 0.1) is 5.92 Å². The molecule has 24 heavy (non-hydrogen) atoms. The molecule has 0 N–H and O–H groups in total. The van der Waals surface area contributed by atoms with E-state index in [-0.39, 0.29) is 18.5 Å². The van der Waals surface area contributed by atoms with Gasteiger partial charge in [0.2, 0.25) is 0 Å². The number of esters is 1. The predicted molar refractivity (Wildman–Crippen MR) is 96.1 cm³/mol. The van der Waals surface area contributed by atoms with E-state index in [4.69, 9.17) is 21.1 Å². The van der Waals surface area contributed by atoms with Gasteiger partial charge < -0.3 is 9.47 Å². The second-order valence-corrected chi connectivity index (χ2v) is 6.03. The minimum Gasteiger partial charge on any atom is -0.461 e. The Balaban J connectivity index is 1.94. The molecule has 2 rings (SSSR count). The summed E-state index contributed by atoms with van der Waals surface area (Å²) in [6.07, 6.45) is 1.11. The molecular formula is C20H21ClO3. The Labute approximate surface area is 147 Å². The first-order chi connectivity index (χ1) is 11.6. The summed E-state index contributed by atoms with van der Waals surface area (Å²) < 4.78 is 11.2. The first-order valence-electron chi connectivity index (χ1n) is 7.90. The molecule has 0 radical (unpaired) electrons. The maximum atomic E-state index is 12.1. The molecule has 0 aliphatic heterocycles. The zero-order valence-corrected chi connectivity index (χ0v) is 14.5. The summed E-state index contributed by atoms with van der Waals surface area (Å²) in [5.74, 6) is 0.960. The fourth-order valence-electron chi connectivity index (χ4n) is 2.26. The molecule has 0 bridgehead atoms. The number of ether oxygens (including phenoxy) is 2. The van der Waals surface area contributed by atoms with Gasteiger partial charge in [-0.05, 0) is 42.7 Å². The van der Waals surface area contributed by atoms with Crippen LogP contribution in [0.2, 0.25) is 0 Å². The molecule has 0 saturated heterocycles. The number of rotatable bonds is 8. The van der Waals surface area contributed by atoms with Crippen molar-refractivity contribution >= 4 is 17.6 Å². The summed E-state index contributed by atoms with van der Waals surface area (Å²) in [5, 5.41) is 0.469. The van der Waals surface area contributed by atoms with Gasteiger partial charge in [0.25, 0.3) is 0 Å². The average molecular weight is 345 g/mol. The van der Waals surface area contributed by atoms with Crippen LogP contribution in [0.5, 0.6) is 11.5 Å². The third-order valence-corrected chi connectivity index (χ3v) is 3.71. The van der Waals surface area contributed by atoms with Gasteiger partial charge in [-0.15, -0.1) is 0 Å². The molecule has 3 nitrogen and oxygen atoms in total. The first-order valence-corrected chi connectivity index (χ1v) is 8.28. The van der Waals surface area contributed by atoms with Gasteiger partial charge in [0, 0.05) is 5.03 Å². The highest BCUT2D eigenvalue weighted by Gasteiger charge is 2.18. The summed E-state index contributed by atoms with van der Waals surface area (Å²) in [7, 11) is 0. The molecule has 2 aromatic rings. The average Bonchev–Trinajstić information content (AvgIpc) is 2.58. The highest BCUT2D eigenvalue weighted by molar-refractivity contribution is 6.29. The van der Waals surface area contributed by atoms with Crippen LogP contribution in [-0.2, 0) is 16.1 Å².